The first-order chi connectivity index (χ1) is 10.5. The van der Waals surface area contributed by atoms with Crippen molar-refractivity contribution in [2.24, 2.45) is 0 Å². The second-order valence-electron chi connectivity index (χ2n) is 5.09. The Bertz CT molecular complexity index is 608. The van der Waals surface area contributed by atoms with Crippen LogP contribution in [0.2, 0.25) is 0 Å². The standard InChI is InChI=1S/C18H18FO2S/c1-13-2-4-15(5-3-13)12-17(18(20)21)22-11-10-14-6-8-16(19)9-7-14/h2-9,17H,1,10-12H2,(H,20,21). The molecule has 0 spiro atoms. The fourth-order valence-electron chi connectivity index (χ4n) is 2.08. The predicted molar refractivity (Wildman–Crippen MR) is 88.6 cm³/mol. The zero-order valence-electron chi connectivity index (χ0n) is 12.2. The summed E-state index contributed by atoms with van der Waals surface area (Å²) in [5.74, 6) is -0.368. The third kappa shape index (κ3) is 5.19. The molecule has 0 aliphatic heterocycles. The molecule has 0 amide bonds. The molecule has 1 N–H and O–H groups in total. The molecule has 22 heavy (non-hydrogen) atoms. The van der Waals surface area contributed by atoms with Crippen molar-refractivity contribution in [3.05, 3.63) is 78.0 Å². The van der Waals surface area contributed by atoms with Gasteiger partial charge in [-0.25, -0.2) is 4.39 Å². The van der Waals surface area contributed by atoms with Gasteiger partial charge in [-0.2, -0.15) is 0 Å². The SMILES string of the molecule is [CH2]c1ccc(CC(SCCc2ccc(F)cc2)C(=O)O)cc1. The number of halogens is 1. The smallest absolute Gasteiger partial charge is 0.316 e. The molecular formula is C18H18FO2S. The highest BCUT2D eigenvalue weighted by atomic mass is 32.2. The molecule has 0 saturated heterocycles. The van der Waals surface area contributed by atoms with Crippen LogP contribution >= 0.6 is 11.8 Å². The summed E-state index contributed by atoms with van der Waals surface area (Å²) in [5.41, 5.74) is 2.92. The van der Waals surface area contributed by atoms with Crippen LogP contribution in [0, 0.1) is 12.7 Å². The van der Waals surface area contributed by atoms with Gasteiger partial charge in [0.2, 0.25) is 0 Å². The van der Waals surface area contributed by atoms with Gasteiger partial charge in [0.15, 0.2) is 0 Å². The fourth-order valence-corrected chi connectivity index (χ4v) is 3.17. The van der Waals surface area contributed by atoms with Crippen LogP contribution in [0.3, 0.4) is 0 Å². The topological polar surface area (TPSA) is 37.3 Å². The molecule has 4 heteroatoms. The van der Waals surface area contributed by atoms with E-state index < -0.39 is 11.2 Å². The van der Waals surface area contributed by atoms with Crippen LogP contribution in [-0.2, 0) is 17.6 Å². The number of carboxylic acid groups (broad SMARTS) is 1. The van der Waals surface area contributed by atoms with Crippen LogP contribution in [0.1, 0.15) is 16.7 Å². The van der Waals surface area contributed by atoms with Crippen molar-refractivity contribution in [2.75, 3.05) is 5.75 Å². The number of benzene rings is 2. The van der Waals surface area contributed by atoms with Crippen LogP contribution < -0.4 is 0 Å². The third-order valence-corrected chi connectivity index (χ3v) is 4.55. The minimum Gasteiger partial charge on any atom is -0.480 e. The maximum absolute atomic E-state index is 12.8. The zero-order chi connectivity index (χ0) is 15.9. The highest BCUT2D eigenvalue weighted by molar-refractivity contribution is 8.00. The van der Waals surface area contributed by atoms with E-state index in [1.165, 1.54) is 23.9 Å². The summed E-state index contributed by atoms with van der Waals surface area (Å²) in [6.07, 6.45) is 1.22. The van der Waals surface area contributed by atoms with E-state index in [1.54, 1.807) is 12.1 Å². The molecule has 0 aliphatic carbocycles. The van der Waals surface area contributed by atoms with Crippen LogP contribution in [0.25, 0.3) is 0 Å². The van der Waals surface area contributed by atoms with Gasteiger partial charge in [0.25, 0.3) is 0 Å². The van der Waals surface area contributed by atoms with E-state index >= 15 is 0 Å². The van der Waals surface area contributed by atoms with Gasteiger partial charge < -0.3 is 5.11 Å². The molecule has 2 aromatic rings. The van der Waals surface area contributed by atoms with Crippen molar-refractivity contribution in [2.45, 2.75) is 18.1 Å². The van der Waals surface area contributed by atoms with Crippen molar-refractivity contribution >= 4 is 17.7 Å². The number of carboxylic acids is 1. The van der Waals surface area contributed by atoms with Gasteiger partial charge in [-0.1, -0.05) is 36.4 Å². The molecule has 2 aromatic carbocycles. The van der Waals surface area contributed by atoms with Gasteiger partial charge in [-0.05, 0) is 54.3 Å². The van der Waals surface area contributed by atoms with Gasteiger partial charge in [-0.3, -0.25) is 4.79 Å². The lowest BCUT2D eigenvalue weighted by atomic mass is 10.1. The monoisotopic (exact) mass is 317 g/mol. The second kappa shape index (κ2) is 7.99. The molecule has 0 bridgehead atoms. The van der Waals surface area contributed by atoms with E-state index in [4.69, 9.17) is 0 Å². The van der Waals surface area contributed by atoms with Crippen molar-refractivity contribution < 1.29 is 14.3 Å². The molecule has 1 radical (unpaired) electrons. The number of thioether (sulfide) groups is 1. The summed E-state index contributed by atoms with van der Waals surface area (Å²) in [6, 6.07) is 13.9. The predicted octanol–water partition coefficient (Wildman–Crippen LogP) is 3.98. The molecule has 0 saturated carbocycles. The molecule has 0 aromatic heterocycles. The minimum atomic E-state index is -0.803. The lowest BCUT2D eigenvalue weighted by Crippen LogP contribution is -2.20. The average Bonchev–Trinajstić information content (AvgIpc) is 2.50. The van der Waals surface area contributed by atoms with Gasteiger partial charge in [0.1, 0.15) is 11.1 Å². The van der Waals surface area contributed by atoms with Gasteiger partial charge in [0, 0.05) is 0 Å². The summed E-state index contributed by atoms with van der Waals surface area (Å²) in [5, 5.41) is 8.86. The Morgan fingerprint density at radius 1 is 1.09 bits per heavy atom. The molecular weight excluding hydrogens is 299 g/mol. The Hall–Kier alpha value is -1.81. The Labute approximate surface area is 134 Å². The van der Waals surface area contributed by atoms with E-state index in [0.29, 0.717) is 12.2 Å². The lowest BCUT2D eigenvalue weighted by molar-refractivity contribution is -0.136. The van der Waals surface area contributed by atoms with Crippen LogP contribution in [0.15, 0.2) is 48.5 Å². The highest BCUT2D eigenvalue weighted by Crippen LogP contribution is 2.19. The first kappa shape index (κ1) is 16.6. The van der Waals surface area contributed by atoms with Gasteiger partial charge in [-0.15, -0.1) is 11.8 Å². The van der Waals surface area contributed by atoms with Crippen LogP contribution in [0.5, 0.6) is 0 Å². The largest absolute Gasteiger partial charge is 0.480 e. The van der Waals surface area contributed by atoms with E-state index in [1.807, 2.05) is 24.3 Å². The summed E-state index contributed by atoms with van der Waals surface area (Å²) in [7, 11) is 0. The Morgan fingerprint density at radius 2 is 1.68 bits per heavy atom. The molecule has 1 atom stereocenters. The Morgan fingerprint density at radius 3 is 2.27 bits per heavy atom. The van der Waals surface area contributed by atoms with Crippen LogP contribution in [-0.4, -0.2) is 22.1 Å². The number of rotatable bonds is 7. The van der Waals surface area contributed by atoms with Crippen LogP contribution in [0.4, 0.5) is 4.39 Å². The van der Waals surface area contributed by atoms with Crippen molar-refractivity contribution in [1.29, 1.82) is 0 Å². The van der Waals surface area contributed by atoms with Crippen molar-refractivity contribution in [3.8, 4) is 0 Å². The Balaban J connectivity index is 1.87. The Kier molecular flexibility index (Phi) is 6.01. The average molecular weight is 317 g/mol. The van der Waals surface area contributed by atoms with E-state index in [-0.39, 0.29) is 5.82 Å². The zero-order valence-corrected chi connectivity index (χ0v) is 13.0. The summed E-state index contributed by atoms with van der Waals surface area (Å²) < 4.78 is 12.8. The van der Waals surface area contributed by atoms with Crippen molar-refractivity contribution in [3.63, 3.8) is 0 Å². The third-order valence-electron chi connectivity index (χ3n) is 3.34. The summed E-state index contributed by atoms with van der Waals surface area (Å²) in [4.78, 5) is 11.4. The molecule has 0 aliphatic rings. The maximum atomic E-state index is 12.8. The van der Waals surface area contributed by atoms with E-state index in [9.17, 15) is 14.3 Å². The van der Waals surface area contributed by atoms with Gasteiger partial charge in [0.05, 0.1) is 0 Å². The number of aliphatic carboxylic acids is 1. The summed E-state index contributed by atoms with van der Waals surface area (Å²) in [6.45, 7) is 3.82. The quantitative estimate of drug-likeness (QED) is 0.839. The number of hydrogen-bond donors (Lipinski definition) is 1. The fraction of sp³-hybridized carbons (Fsp3) is 0.222. The molecule has 0 heterocycles. The number of hydrogen-bond acceptors (Lipinski definition) is 2. The van der Waals surface area contributed by atoms with Gasteiger partial charge >= 0.3 is 5.97 Å². The lowest BCUT2D eigenvalue weighted by Gasteiger charge is -2.12. The molecule has 0 fully saturated rings. The maximum Gasteiger partial charge on any atom is 0.316 e. The second-order valence-corrected chi connectivity index (χ2v) is 6.41. The molecule has 2 rings (SSSR count). The van der Waals surface area contributed by atoms with E-state index in [2.05, 4.69) is 6.92 Å². The van der Waals surface area contributed by atoms with E-state index in [0.717, 1.165) is 23.1 Å². The molecule has 1 unspecified atom stereocenters. The van der Waals surface area contributed by atoms with Crippen molar-refractivity contribution in [1.82, 2.24) is 0 Å². The first-order valence-electron chi connectivity index (χ1n) is 7.04. The normalized spacial score (nSPS) is 12.1. The number of aryl methyl sites for hydroxylation is 1. The molecule has 2 nitrogen and oxygen atoms in total. The highest BCUT2D eigenvalue weighted by Gasteiger charge is 2.18. The molecule has 115 valence electrons. The summed E-state index contributed by atoms with van der Waals surface area (Å²) >= 11 is 1.42. The first-order valence-corrected chi connectivity index (χ1v) is 8.09. The minimum absolute atomic E-state index is 0.256. The number of carbonyl (C=O) groups is 1.